The fourth-order valence-corrected chi connectivity index (χ4v) is 4.36. The molecule has 7 heteroatoms. The van der Waals surface area contributed by atoms with Crippen LogP contribution in [0.3, 0.4) is 0 Å². The van der Waals surface area contributed by atoms with Crippen molar-refractivity contribution in [2.45, 2.75) is 19.4 Å². The van der Waals surface area contributed by atoms with Crippen molar-refractivity contribution in [3.8, 4) is 5.75 Å². The summed E-state index contributed by atoms with van der Waals surface area (Å²) < 4.78 is 16.9. The van der Waals surface area contributed by atoms with Crippen molar-refractivity contribution in [2.24, 2.45) is 0 Å². The molecule has 0 saturated carbocycles. The fourth-order valence-electron chi connectivity index (χ4n) is 3.99. The third-order valence-electron chi connectivity index (χ3n) is 5.90. The van der Waals surface area contributed by atoms with Gasteiger partial charge in [-0.05, 0) is 62.0 Å². The van der Waals surface area contributed by atoms with E-state index in [4.69, 9.17) is 26.1 Å². The number of benzene rings is 2. The Morgan fingerprint density at radius 3 is 2.62 bits per heavy atom. The maximum Gasteiger partial charge on any atom is 0.174 e. The maximum absolute atomic E-state index is 6.17. The van der Waals surface area contributed by atoms with Gasteiger partial charge in [0.25, 0.3) is 0 Å². The van der Waals surface area contributed by atoms with Gasteiger partial charge in [0.05, 0.1) is 26.4 Å². The molecule has 0 radical (unpaired) electrons. The Hall–Kier alpha value is -2.61. The van der Waals surface area contributed by atoms with Crippen LogP contribution in [0, 0.1) is 0 Å². The van der Waals surface area contributed by atoms with Crippen molar-refractivity contribution in [3.63, 3.8) is 0 Å². The van der Waals surface area contributed by atoms with Crippen molar-refractivity contribution in [3.05, 3.63) is 60.4 Å². The molecule has 6 nitrogen and oxygen atoms in total. The zero-order valence-electron chi connectivity index (χ0n) is 18.8. The highest BCUT2D eigenvalue weighted by atomic mass is 32.1. The van der Waals surface area contributed by atoms with E-state index in [9.17, 15) is 0 Å². The lowest BCUT2D eigenvalue weighted by molar-refractivity contribution is 0.0365. The van der Waals surface area contributed by atoms with E-state index < -0.39 is 0 Å². The number of ether oxygens (including phenoxy) is 2. The molecule has 0 unspecified atom stereocenters. The summed E-state index contributed by atoms with van der Waals surface area (Å²) in [5.41, 5.74) is 1.84. The van der Waals surface area contributed by atoms with Gasteiger partial charge in [0.1, 0.15) is 17.1 Å². The lowest BCUT2D eigenvalue weighted by atomic mass is 10.2. The van der Waals surface area contributed by atoms with Gasteiger partial charge in [-0.25, -0.2) is 0 Å². The Morgan fingerprint density at radius 1 is 1.16 bits per heavy atom. The predicted molar refractivity (Wildman–Crippen MR) is 132 cm³/mol. The molecule has 0 amide bonds. The number of thiocarbonyl (C=S) groups is 1. The lowest BCUT2D eigenvalue weighted by Gasteiger charge is -2.32. The lowest BCUT2D eigenvalue weighted by Crippen LogP contribution is -2.41. The highest BCUT2D eigenvalue weighted by Crippen LogP contribution is 2.28. The van der Waals surface area contributed by atoms with Crippen molar-refractivity contribution in [2.75, 3.05) is 51.8 Å². The summed E-state index contributed by atoms with van der Waals surface area (Å²) in [6, 6.07) is 18.0. The highest BCUT2D eigenvalue weighted by Gasteiger charge is 2.22. The minimum absolute atomic E-state index is 0.00494. The van der Waals surface area contributed by atoms with Gasteiger partial charge in [0.2, 0.25) is 0 Å². The summed E-state index contributed by atoms with van der Waals surface area (Å²) in [6.07, 6.45) is 1.01. The minimum Gasteiger partial charge on any atom is -0.497 e. The van der Waals surface area contributed by atoms with Gasteiger partial charge in [-0.2, -0.15) is 0 Å². The molecule has 1 saturated heterocycles. The second-order valence-corrected chi connectivity index (χ2v) is 8.41. The number of fused-ring (bicyclic) bond motifs is 1. The molecule has 1 fully saturated rings. The minimum atomic E-state index is 0.00494. The second-order valence-electron chi connectivity index (χ2n) is 8.02. The number of furan rings is 1. The van der Waals surface area contributed by atoms with Crippen LogP contribution in [0.5, 0.6) is 5.75 Å². The summed E-state index contributed by atoms with van der Waals surface area (Å²) >= 11 is 5.85. The molecule has 2 aromatic carbocycles. The van der Waals surface area contributed by atoms with Gasteiger partial charge in [-0.3, -0.25) is 4.90 Å². The van der Waals surface area contributed by atoms with Crippen molar-refractivity contribution >= 4 is 34.0 Å². The molecule has 0 spiro atoms. The first-order valence-corrected chi connectivity index (χ1v) is 11.5. The predicted octanol–water partition coefficient (Wildman–Crippen LogP) is 4.92. The van der Waals surface area contributed by atoms with Crippen LogP contribution in [0.4, 0.5) is 5.69 Å². The molecule has 3 aromatic rings. The van der Waals surface area contributed by atoms with E-state index in [0.29, 0.717) is 5.11 Å². The molecule has 2 heterocycles. The normalized spacial score (nSPS) is 15.4. The van der Waals surface area contributed by atoms with Crippen LogP contribution in [-0.4, -0.2) is 61.4 Å². The summed E-state index contributed by atoms with van der Waals surface area (Å²) in [6.45, 7) is 7.62. The number of rotatable bonds is 8. The average molecular weight is 454 g/mol. The van der Waals surface area contributed by atoms with Crippen molar-refractivity contribution in [1.29, 1.82) is 0 Å². The average Bonchev–Trinajstić information content (AvgIpc) is 3.27. The molecule has 170 valence electrons. The van der Waals surface area contributed by atoms with Crippen LogP contribution in [0.1, 0.15) is 25.1 Å². The van der Waals surface area contributed by atoms with Gasteiger partial charge < -0.3 is 24.1 Å². The molecular weight excluding hydrogens is 422 g/mol. The largest absolute Gasteiger partial charge is 0.497 e. The number of anilines is 1. The smallest absolute Gasteiger partial charge is 0.174 e. The molecule has 1 atom stereocenters. The third-order valence-corrected chi connectivity index (χ3v) is 6.24. The molecular formula is C25H31N3O3S. The monoisotopic (exact) mass is 453 g/mol. The quantitative estimate of drug-likeness (QED) is 0.486. The molecule has 0 aliphatic carbocycles. The zero-order chi connectivity index (χ0) is 22.3. The molecule has 1 aromatic heterocycles. The van der Waals surface area contributed by atoms with Crippen molar-refractivity contribution < 1.29 is 13.9 Å². The molecule has 32 heavy (non-hydrogen) atoms. The van der Waals surface area contributed by atoms with E-state index in [1.165, 1.54) is 0 Å². The number of morpholine rings is 1. The summed E-state index contributed by atoms with van der Waals surface area (Å²) in [5.74, 6) is 1.73. The van der Waals surface area contributed by atoms with Crippen LogP contribution in [0.15, 0.2) is 59.0 Å². The summed E-state index contributed by atoms with van der Waals surface area (Å²) in [5, 5.41) is 5.19. The van der Waals surface area contributed by atoms with Gasteiger partial charge in [0.15, 0.2) is 5.11 Å². The molecule has 1 N–H and O–H groups in total. The van der Waals surface area contributed by atoms with E-state index in [-0.39, 0.29) is 6.04 Å². The Morgan fingerprint density at radius 2 is 1.91 bits per heavy atom. The standard InChI is InChI=1S/C25H31N3O3S/c1-19(24-18-20-6-3-4-7-23(20)31-24)28(13-5-12-27-14-16-30-17-15-27)25(32)26-21-8-10-22(29-2)11-9-21/h3-4,6-11,18-19H,5,12-17H2,1-2H3,(H,26,32)/t19-/m1/s1. The van der Waals surface area contributed by atoms with Gasteiger partial charge in [-0.15, -0.1) is 0 Å². The Balaban J connectivity index is 1.48. The first-order chi connectivity index (χ1) is 15.6. The van der Waals surface area contributed by atoms with Crippen LogP contribution in [0.25, 0.3) is 11.0 Å². The van der Waals surface area contributed by atoms with Crippen LogP contribution >= 0.6 is 12.2 Å². The number of hydrogen-bond donors (Lipinski definition) is 1. The number of hydrogen-bond acceptors (Lipinski definition) is 5. The summed E-state index contributed by atoms with van der Waals surface area (Å²) in [7, 11) is 1.66. The molecule has 0 bridgehead atoms. The van der Waals surface area contributed by atoms with Gasteiger partial charge >= 0.3 is 0 Å². The van der Waals surface area contributed by atoms with E-state index in [2.05, 4.69) is 34.2 Å². The molecule has 1 aliphatic rings. The molecule has 1 aliphatic heterocycles. The van der Waals surface area contributed by atoms with Gasteiger partial charge in [-0.1, -0.05) is 18.2 Å². The van der Waals surface area contributed by atoms with Crippen LogP contribution in [-0.2, 0) is 4.74 Å². The number of methoxy groups -OCH3 is 1. The highest BCUT2D eigenvalue weighted by molar-refractivity contribution is 7.80. The first kappa shape index (κ1) is 22.6. The Bertz CT molecular complexity index is 982. The third kappa shape index (κ3) is 5.59. The topological polar surface area (TPSA) is 50.1 Å². The van der Waals surface area contributed by atoms with Crippen LogP contribution in [0.2, 0.25) is 0 Å². The van der Waals surface area contributed by atoms with Crippen LogP contribution < -0.4 is 10.1 Å². The maximum atomic E-state index is 6.17. The number of nitrogens with zero attached hydrogens (tertiary/aromatic N) is 2. The fraction of sp³-hybridized carbons (Fsp3) is 0.400. The van der Waals surface area contributed by atoms with E-state index in [1.807, 2.05) is 42.5 Å². The van der Waals surface area contributed by atoms with Crippen molar-refractivity contribution in [1.82, 2.24) is 9.80 Å². The first-order valence-electron chi connectivity index (χ1n) is 11.1. The number of para-hydroxylation sites is 1. The van der Waals surface area contributed by atoms with E-state index in [0.717, 1.165) is 74.0 Å². The van der Waals surface area contributed by atoms with E-state index in [1.54, 1.807) is 7.11 Å². The summed E-state index contributed by atoms with van der Waals surface area (Å²) in [4.78, 5) is 4.67. The Labute approximate surface area is 195 Å². The zero-order valence-corrected chi connectivity index (χ0v) is 19.6. The number of nitrogens with one attached hydrogen (secondary N) is 1. The second kappa shape index (κ2) is 10.8. The molecule has 4 rings (SSSR count). The van der Waals surface area contributed by atoms with Gasteiger partial charge in [0, 0.05) is 37.3 Å². The Kier molecular flexibility index (Phi) is 7.63. The SMILES string of the molecule is COc1ccc(NC(=S)N(CCCN2CCOCC2)[C@H](C)c2cc3ccccc3o2)cc1. The van der Waals surface area contributed by atoms with E-state index >= 15 is 0 Å².